The molecule has 0 saturated carbocycles. The number of carbonyl (C=O) groups is 2. The van der Waals surface area contributed by atoms with Crippen LogP contribution in [0.5, 0.6) is 0 Å². The highest BCUT2D eigenvalue weighted by Gasteiger charge is 2.09. The molecule has 1 rings (SSSR count). The van der Waals surface area contributed by atoms with Crippen LogP contribution in [-0.4, -0.2) is 25.0 Å². The van der Waals surface area contributed by atoms with Gasteiger partial charge in [0.15, 0.2) is 0 Å². The molecule has 0 fully saturated rings. The monoisotopic (exact) mass is 329 g/mol. The zero-order chi connectivity index (χ0) is 17.9. The third-order valence-corrected chi connectivity index (χ3v) is 3.23. The summed E-state index contributed by atoms with van der Waals surface area (Å²) in [4.78, 5) is 23.2. The average Bonchev–Trinajstić information content (AvgIpc) is 2.55. The van der Waals surface area contributed by atoms with Gasteiger partial charge in [0.25, 0.3) is 5.91 Å². The lowest BCUT2D eigenvalue weighted by atomic mass is 10.0. The van der Waals surface area contributed by atoms with Crippen LogP contribution in [-0.2, 0) is 14.3 Å². The second-order valence-electron chi connectivity index (χ2n) is 5.41. The molecular formula is C18H23N3O3. The third kappa shape index (κ3) is 6.53. The molecule has 0 aliphatic heterocycles. The topological polar surface area (TPSA) is 91.2 Å². The van der Waals surface area contributed by atoms with Gasteiger partial charge in [-0.05, 0) is 30.5 Å². The van der Waals surface area contributed by atoms with Crippen molar-refractivity contribution in [2.24, 2.45) is 0 Å². The van der Waals surface area contributed by atoms with E-state index < -0.39 is 5.91 Å². The minimum absolute atomic E-state index is 0.0632. The van der Waals surface area contributed by atoms with E-state index in [1.165, 1.54) is 11.8 Å². The van der Waals surface area contributed by atoms with Gasteiger partial charge in [0.1, 0.15) is 11.6 Å². The number of hydrogen-bond donors (Lipinski definition) is 2. The van der Waals surface area contributed by atoms with Crippen LogP contribution in [0.3, 0.4) is 0 Å². The predicted molar refractivity (Wildman–Crippen MR) is 92.1 cm³/mol. The molecule has 6 nitrogen and oxygen atoms in total. The summed E-state index contributed by atoms with van der Waals surface area (Å²) in [6.07, 6.45) is 1.47. The highest BCUT2D eigenvalue weighted by molar-refractivity contribution is 6.06. The Bertz CT molecular complexity index is 628. The van der Waals surface area contributed by atoms with Crippen LogP contribution in [0.1, 0.15) is 38.7 Å². The zero-order valence-electron chi connectivity index (χ0n) is 14.3. The lowest BCUT2D eigenvalue weighted by Crippen LogP contribution is -2.19. The van der Waals surface area contributed by atoms with Gasteiger partial charge >= 0.3 is 5.97 Å². The summed E-state index contributed by atoms with van der Waals surface area (Å²) >= 11 is 0. The molecule has 0 spiro atoms. The van der Waals surface area contributed by atoms with Crippen molar-refractivity contribution >= 4 is 17.6 Å². The highest BCUT2D eigenvalue weighted by atomic mass is 16.5. The van der Waals surface area contributed by atoms with Crippen LogP contribution in [0.2, 0.25) is 0 Å². The highest BCUT2D eigenvalue weighted by Crippen LogP contribution is 2.17. The number of benzene rings is 1. The first kappa shape index (κ1) is 19.2. The number of carbonyl (C=O) groups excluding carboxylic acids is 2. The van der Waals surface area contributed by atoms with Crippen LogP contribution < -0.4 is 10.6 Å². The fourth-order valence-electron chi connectivity index (χ4n) is 1.88. The summed E-state index contributed by atoms with van der Waals surface area (Å²) in [6, 6.07) is 9.32. The molecular weight excluding hydrogens is 306 g/mol. The van der Waals surface area contributed by atoms with Crippen molar-refractivity contribution in [1.29, 1.82) is 5.26 Å². The van der Waals surface area contributed by atoms with Crippen molar-refractivity contribution in [2.45, 2.75) is 33.1 Å². The Morgan fingerprint density at radius 3 is 2.50 bits per heavy atom. The van der Waals surface area contributed by atoms with Crippen LogP contribution >= 0.6 is 0 Å². The summed E-state index contributed by atoms with van der Waals surface area (Å²) < 4.78 is 4.78. The fourth-order valence-corrected chi connectivity index (χ4v) is 1.88. The number of anilines is 1. The average molecular weight is 329 g/mol. The lowest BCUT2D eigenvalue weighted by Gasteiger charge is -2.08. The molecule has 128 valence electrons. The SMILES string of the molecule is CCOC(=O)CCN/C=C(/C#N)C(=O)Nc1ccc(C(C)C)cc1. The normalized spacial score (nSPS) is 10.9. The van der Waals surface area contributed by atoms with E-state index in [0.717, 1.165) is 0 Å². The van der Waals surface area contributed by atoms with Gasteiger partial charge in [-0.3, -0.25) is 9.59 Å². The van der Waals surface area contributed by atoms with E-state index in [4.69, 9.17) is 10.00 Å². The second-order valence-corrected chi connectivity index (χ2v) is 5.41. The molecule has 0 unspecified atom stereocenters. The molecule has 2 N–H and O–H groups in total. The van der Waals surface area contributed by atoms with Crippen molar-refractivity contribution in [3.8, 4) is 6.07 Å². The van der Waals surface area contributed by atoms with Gasteiger partial charge in [0.05, 0.1) is 13.0 Å². The smallest absolute Gasteiger partial charge is 0.307 e. The number of nitriles is 1. The van der Waals surface area contributed by atoms with Gasteiger partial charge in [-0.15, -0.1) is 0 Å². The molecule has 0 atom stereocenters. The van der Waals surface area contributed by atoms with Gasteiger partial charge < -0.3 is 15.4 Å². The van der Waals surface area contributed by atoms with Gasteiger partial charge in [0.2, 0.25) is 0 Å². The van der Waals surface area contributed by atoms with E-state index in [1.807, 2.05) is 18.2 Å². The second kappa shape index (κ2) is 10.1. The molecule has 1 amide bonds. The number of ether oxygens (including phenoxy) is 1. The van der Waals surface area contributed by atoms with E-state index in [9.17, 15) is 9.59 Å². The Hall–Kier alpha value is -2.81. The standard InChI is InChI=1S/C18H23N3O3/c1-4-24-17(22)9-10-20-12-15(11-19)18(23)21-16-7-5-14(6-8-16)13(2)3/h5-8,12-13,20H,4,9-10H2,1-3H3,(H,21,23)/b15-12-. The summed E-state index contributed by atoms with van der Waals surface area (Å²) in [6.45, 7) is 6.53. The maximum Gasteiger partial charge on any atom is 0.307 e. The zero-order valence-corrected chi connectivity index (χ0v) is 14.3. The summed E-state index contributed by atoms with van der Waals surface area (Å²) in [5.74, 6) is -0.419. The molecule has 0 saturated heterocycles. The van der Waals surface area contributed by atoms with Crippen molar-refractivity contribution < 1.29 is 14.3 Å². The first-order chi connectivity index (χ1) is 11.5. The summed E-state index contributed by atoms with van der Waals surface area (Å²) in [5, 5.41) is 14.5. The quantitative estimate of drug-likeness (QED) is 0.331. The largest absolute Gasteiger partial charge is 0.466 e. The van der Waals surface area contributed by atoms with Gasteiger partial charge in [0, 0.05) is 18.4 Å². The van der Waals surface area contributed by atoms with Crippen LogP contribution in [0, 0.1) is 11.3 Å². The molecule has 0 heterocycles. The number of rotatable bonds is 8. The Morgan fingerprint density at radius 2 is 1.96 bits per heavy atom. The third-order valence-electron chi connectivity index (χ3n) is 3.23. The molecule has 0 radical (unpaired) electrons. The molecule has 0 bridgehead atoms. The lowest BCUT2D eigenvalue weighted by molar-refractivity contribution is -0.142. The van der Waals surface area contributed by atoms with Crippen LogP contribution in [0.25, 0.3) is 0 Å². The Morgan fingerprint density at radius 1 is 1.29 bits per heavy atom. The molecule has 24 heavy (non-hydrogen) atoms. The predicted octanol–water partition coefficient (Wildman–Crippen LogP) is 2.70. The number of amides is 1. The van der Waals surface area contributed by atoms with Crippen LogP contribution in [0.4, 0.5) is 5.69 Å². The maximum atomic E-state index is 12.1. The summed E-state index contributed by atoms with van der Waals surface area (Å²) in [5.41, 5.74) is 1.73. The Labute approximate surface area is 142 Å². The van der Waals surface area contributed by atoms with Crippen molar-refractivity contribution in [2.75, 3.05) is 18.5 Å². The number of nitrogens with zero attached hydrogens (tertiary/aromatic N) is 1. The fraction of sp³-hybridized carbons (Fsp3) is 0.389. The van der Waals surface area contributed by atoms with Gasteiger partial charge in [-0.25, -0.2) is 0 Å². The minimum atomic E-state index is -0.501. The molecule has 0 aliphatic rings. The number of esters is 1. The van der Waals surface area contributed by atoms with E-state index in [1.54, 1.807) is 19.1 Å². The van der Waals surface area contributed by atoms with E-state index in [-0.39, 0.29) is 18.0 Å². The Kier molecular flexibility index (Phi) is 8.06. The van der Waals surface area contributed by atoms with Gasteiger partial charge in [-0.2, -0.15) is 5.26 Å². The first-order valence-corrected chi connectivity index (χ1v) is 7.88. The van der Waals surface area contributed by atoms with Crippen molar-refractivity contribution in [3.05, 3.63) is 41.6 Å². The number of nitrogens with one attached hydrogen (secondary N) is 2. The summed E-state index contributed by atoms with van der Waals surface area (Å²) in [7, 11) is 0. The molecule has 1 aromatic carbocycles. The number of hydrogen-bond acceptors (Lipinski definition) is 5. The van der Waals surface area contributed by atoms with Crippen LogP contribution in [0.15, 0.2) is 36.0 Å². The molecule has 6 heteroatoms. The Balaban J connectivity index is 2.55. The van der Waals surface area contributed by atoms with Crippen molar-refractivity contribution in [3.63, 3.8) is 0 Å². The van der Waals surface area contributed by atoms with Gasteiger partial charge in [-0.1, -0.05) is 26.0 Å². The van der Waals surface area contributed by atoms with E-state index >= 15 is 0 Å². The molecule has 0 aromatic heterocycles. The molecule has 1 aromatic rings. The molecule has 0 aliphatic carbocycles. The minimum Gasteiger partial charge on any atom is -0.466 e. The van der Waals surface area contributed by atoms with E-state index in [2.05, 4.69) is 24.5 Å². The van der Waals surface area contributed by atoms with E-state index in [0.29, 0.717) is 24.8 Å². The maximum absolute atomic E-state index is 12.1. The van der Waals surface area contributed by atoms with Crippen molar-refractivity contribution in [1.82, 2.24) is 5.32 Å². The first-order valence-electron chi connectivity index (χ1n) is 7.88.